The number of methoxy groups -OCH3 is 1. The van der Waals surface area contributed by atoms with Crippen molar-refractivity contribution < 1.29 is 9.53 Å². The molecule has 9 heteroatoms. The Morgan fingerprint density at radius 2 is 2.31 bits per heavy atom. The van der Waals surface area contributed by atoms with Gasteiger partial charge in [0.15, 0.2) is 0 Å². The molecule has 8 nitrogen and oxygen atoms in total. The number of amides is 1. The Labute approximate surface area is 172 Å². The predicted octanol–water partition coefficient (Wildman–Crippen LogP) is 2.60. The molecule has 0 spiro atoms. The summed E-state index contributed by atoms with van der Waals surface area (Å²) in [4.78, 5) is 23.9. The Hall–Kier alpha value is -2.75. The van der Waals surface area contributed by atoms with Crippen molar-refractivity contribution in [3.63, 3.8) is 0 Å². The fourth-order valence-electron chi connectivity index (χ4n) is 3.67. The van der Waals surface area contributed by atoms with Gasteiger partial charge in [-0.1, -0.05) is 0 Å². The molecular weight excluding hydrogens is 388 g/mol. The number of thiophene rings is 1. The highest BCUT2D eigenvalue weighted by molar-refractivity contribution is 7.23. The molecular formula is C20H24N6O2S. The number of piperidine rings is 1. The summed E-state index contributed by atoms with van der Waals surface area (Å²) in [6.07, 6.45) is 7.12. The fraction of sp³-hybridized carbons (Fsp3) is 0.350. The smallest absolute Gasteiger partial charge is 0.260 e. The van der Waals surface area contributed by atoms with Gasteiger partial charge < -0.3 is 26.4 Å². The van der Waals surface area contributed by atoms with Gasteiger partial charge in [-0.15, -0.1) is 11.3 Å². The van der Waals surface area contributed by atoms with Crippen molar-refractivity contribution in [1.29, 1.82) is 0 Å². The second-order valence-corrected chi connectivity index (χ2v) is 8.24. The lowest BCUT2D eigenvalue weighted by Gasteiger charge is -2.33. The molecule has 0 unspecified atom stereocenters. The SMILES string of the molecule is COCc1cnc2c(C(=O)Nc3cnccc3N3CCC[C@H](N)C3)c(N)sc2c1. The molecule has 0 bridgehead atoms. The van der Waals surface area contributed by atoms with E-state index in [2.05, 4.69) is 20.2 Å². The first-order chi connectivity index (χ1) is 14.1. The van der Waals surface area contributed by atoms with E-state index >= 15 is 0 Å². The Morgan fingerprint density at radius 1 is 1.45 bits per heavy atom. The maximum Gasteiger partial charge on any atom is 0.260 e. The Bertz CT molecular complexity index is 1040. The number of hydrogen-bond donors (Lipinski definition) is 3. The minimum absolute atomic E-state index is 0.127. The number of anilines is 3. The van der Waals surface area contributed by atoms with Gasteiger partial charge in [0.2, 0.25) is 0 Å². The molecule has 1 fully saturated rings. The van der Waals surface area contributed by atoms with Crippen LogP contribution >= 0.6 is 11.3 Å². The van der Waals surface area contributed by atoms with Crippen LogP contribution < -0.4 is 21.7 Å². The lowest BCUT2D eigenvalue weighted by Crippen LogP contribution is -2.43. The molecule has 0 radical (unpaired) electrons. The zero-order valence-corrected chi connectivity index (χ0v) is 17.0. The summed E-state index contributed by atoms with van der Waals surface area (Å²) in [7, 11) is 1.63. The van der Waals surface area contributed by atoms with E-state index in [9.17, 15) is 4.79 Å². The number of hydrogen-bond acceptors (Lipinski definition) is 8. The van der Waals surface area contributed by atoms with E-state index < -0.39 is 0 Å². The highest BCUT2D eigenvalue weighted by atomic mass is 32.1. The van der Waals surface area contributed by atoms with Gasteiger partial charge in [-0.25, -0.2) is 0 Å². The number of nitrogens with two attached hydrogens (primary N) is 2. The number of pyridine rings is 2. The van der Waals surface area contributed by atoms with Crippen molar-refractivity contribution >= 4 is 43.8 Å². The summed E-state index contributed by atoms with van der Waals surface area (Å²) in [5.74, 6) is -0.295. The van der Waals surface area contributed by atoms with Crippen molar-refractivity contribution in [3.8, 4) is 0 Å². The molecule has 1 amide bonds. The van der Waals surface area contributed by atoms with E-state index in [-0.39, 0.29) is 11.9 Å². The summed E-state index contributed by atoms with van der Waals surface area (Å²) in [6.45, 7) is 2.10. The lowest BCUT2D eigenvalue weighted by molar-refractivity contribution is 0.102. The van der Waals surface area contributed by atoms with Gasteiger partial charge >= 0.3 is 0 Å². The maximum absolute atomic E-state index is 13.1. The Balaban J connectivity index is 1.63. The van der Waals surface area contributed by atoms with Gasteiger partial charge in [-0.3, -0.25) is 14.8 Å². The van der Waals surface area contributed by atoms with E-state index in [0.29, 0.717) is 28.4 Å². The van der Waals surface area contributed by atoms with Crippen molar-refractivity contribution in [3.05, 3.63) is 41.9 Å². The number of nitrogen functional groups attached to an aromatic ring is 1. The maximum atomic E-state index is 13.1. The molecule has 1 aliphatic rings. The van der Waals surface area contributed by atoms with Crippen LogP contribution in [-0.2, 0) is 11.3 Å². The summed E-state index contributed by atoms with van der Waals surface area (Å²) in [5, 5.41) is 3.41. The third-order valence-electron chi connectivity index (χ3n) is 5.00. The van der Waals surface area contributed by atoms with Gasteiger partial charge in [0.05, 0.1) is 34.4 Å². The number of nitrogens with zero attached hydrogens (tertiary/aromatic N) is 3. The van der Waals surface area contributed by atoms with Gasteiger partial charge in [0.1, 0.15) is 10.6 Å². The molecule has 152 valence electrons. The van der Waals surface area contributed by atoms with E-state index in [1.165, 1.54) is 11.3 Å². The quantitative estimate of drug-likeness (QED) is 0.589. The van der Waals surface area contributed by atoms with Gasteiger partial charge in [0.25, 0.3) is 5.91 Å². The summed E-state index contributed by atoms with van der Waals surface area (Å²) in [5.41, 5.74) is 15.8. The molecule has 0 aliphatic carbocycles. The van der Waals surface area contributed by atoms with Crippen molar-refractivity contribution in [1.82, 2.24) is 9.97 Å². The number of rotatable bonds is 5. The van der Waals surface area contributed by atoms with Crippen molar-refractivity contribution in [2.75, 3.05) is 36.1 Å². The van der Waals surface area contributed by atoms with Crippen molar-refractivity contribution in [2.45, 2.75) is 25.5 Å². The molecule has 1 aliphatic heterocycles. The van der Waals surface area contributed by atoms with Crippen LogP contribution in [-0.4, -0.2) is 42.1 Å². The number of ether oxygens (including phenoxy) is 1. The largest absolute Gasteiger partial charge is 0.390 e. The standard InChI is InChI=1S/C20H24N6O2S/c1-28-11-12-7-16-18(24-8-12)17(19(22)29-16)20(27)25-14-9-23-5-4-15(14)26-6-2-3-13(21)10-26/h4-5,7-9,13H,2-3,6,10-11,21-22H2,1H3,(H,25,27)/t13-/m0/s1. The third-order valence-corrected chi connectivity index (χ3v) is 5.95. The Morgan fingerprint density at radius 3 is 3.10 bits per heavy atom. The topological polar surface area (TPSA) is 119 Å². The molecule has 5 N–H and O–H groups in total. The first-order valence-electron chi connectivity index (χ1n) is 9.48. The molecule has 3 aromatic heterocycles. The average molecular weight is 413 g/mol. The number of nitrogens with one attached hydrogen (secondary N) is 1. The number of fused-ring (bicyclic) bond motifs is 1. The summed E-state index contributed by atoms with van der Waals surface area (Å²) < 4.78 is 6.01. The predicted molar refractivity (Wildman–Crippen MR) is 116 cm³/mol. The minimum Gasteiger partial charge on any atom is -0.390 e. The average Bonchev–Trinajstić information content (AvgIpc) is 3.03. The van der Waals surface area contributed by atoms with Crippen LogP contribution in [0.15, 0.2) is 30.7 Å². The van der Waals surface area contributed by atoms with E-state index in [1.807, 2.05) is 12.1 Å². The second kappa shape index (κ2) is 8.32. The fourth-order valence-corrected chi connectivity index (χ4v) is 4.66. The van der Waals surface area contributed by atoms with Crippen LogP contribution in [0.5, 0.6) is 0 Å². The minimum atomic E-state index is -0.295. The van der Waals surface area contributed by atoms with E-state index in [0.717, 1.165) is 41.9 Å². The highest BCUT2D eigenvalue weighted by Crippen LogP contribution is 2.34. The third kappa shape index (κ3) is 4.02. The number of aromatic nitrogens is 2. The monoisotopic (exact) mass is 412 g/mol. The highest BCUT2D eigenvalue weighted by Gasteiger charge is 2.23. The van der Waals surface area contributed by atoms with Crippen LogP contribution in [0.1, 0.15) is 28.8 Å². The van der Waals surface area contributed by atoms with Crippen LogP contribution in [0.3, 0.4) is 0 Å². The zero-order chi connectivity index (χ0) is 20.4. The van der Waals surface area contributed by atoms with Crippen LogP contribution in [0, 0.1) is 0 Å². The molecule has 4 rings (SSSR count). The van der Waals surface area contributed by atoms with Crippen LogP contribution in [0.25, 0.3) is 10.2 Å². The molecule has 0 aromatic carbocycles. The van der Waals surface area contributed by atoms with Gasteiger partial charge in [-0.05, 0) is 30.5 Å². The zero-order valence-electron chi connectivity index (χ0n) is 16.2. The van der Waals surface area contributed by atoms with E-state index in [4.69, 9.17) is 16.2 Å². The second-order valence-electron chi connectivity index (χ2n) is 7.16. The molecule has 1 saturated heterocycles. The number of carbonyl (C=O) groups is 1. The first-order valence-corrected chi connectivity index (χ1v) is 10.3. The molecule has 0 saturated carbocycles. The van der Waals surface area contributed by atoms with Crippen molar-refractivity contribution in [2.24, 2.45) is 5.73 Å². The molecule has 4 heterocycles. The molecule has 3 aromatic rings. The van der Waals surface area contributed by atoms with Crippen LogP contribution in [0.4, 0.5) is 16.4 Å². The normalized spacial score (nSPS) is 16.9. The van der Waals surface area contributed by atoms with Crippen LogP contribution in [0.2, 0.25) is 0 Å². The van der Waals surface area contributed by atoms with Gasteiger partial charge in [0, 0.05) is 38.6 Å². The summed E-state index contributed by atoms with van der Waals surface area (Å²) >= 11 is 1.35. The first kappa shape index (κ1) is 19.6. The number of carbonyl (C=O) groups excluding carboxylic acids is 1. The lowest BCUT2D eigenvalue weighted by atomic mass is 10.1. The summed E-state index contributed by atoms with van der Waals surface area (Å²) in [6, 6.07) is 3.98. The Kier molecular flexibility index (Phi) is 5.61. The van der Waals surface area contributed by atoms with E-state index in [1.54, 1.807) is 25.7 Å². The van der Waals surface area contributed by atoms with Gasteiger partial charge in [-0.2, -0.15) is 0 Å². The molecule has 1 atom stereocenters. The molecule has 29 heavy (non-hydrogen) atoms.